The van der Waals surface area contributed by atoms with Gasteiger partial charge in [0.1, 0.15) is 5.75 Å². The van der Waals surface area contributed by atoms with Crippen LogP contribution in [0.3, 0.4) is 0 Å². The van der Waals surface area contributed by atoms with E-state index in [2.05, 4.69) is 39.0 Å². The molecule has 1 aliphatic rings. The summed E-state index contributed by atoms with van der Waals surface area (Å²) in [5.74, 6) is 1.07. The highest BCUT2D eigenvalue weighted by atomic mass is 16.5. The van der Waals surface area contributed by atoms with Crippen molar-refractivity contribution in [2.45, 2.75) is 32.6 Å². The minimum Gasteiger partial charge on any atom is -0.496 e. The van der Waals surface area contributed by atoms with Gasteiger partial charge in [-0.15, -0.1) is 0 Å². The second kappa shape index (κ2) is 3.52. The second-order valence-electron chi connectivity index (χ2n) is 4.96. The van der Waals surface area contributed by atoms with E-state index in [4.69, 9.17) is 10.00 Å². The summed E-state index contributed by atoms with van der Waals surface area (Å²) in [4.78, 5) is 0. The highest BCUT2D eigenvalue weighted by molar-refractivity contribution is 5.52. The number of hydrogen-bond acceptors (Lipinski definition) is 2. The number of hydrogen-bond donors (Lipinski definition) is 0. The van der Waals surface area contributed by atoms with Gasteiger partial charge in [0.05, 0.1) is 19.1 Å². The van der Waals surface area contributed by atoms with Crippen molar-refractivity contribution in [2.75, 3.05) is 7.11 Å². The molecule has 0 heterocycles. The predicted molar refractivity (Wildman–Crippen MR) is 63.5 cm³/mol. The number of nitrogens with zero attached hydrogens (tertiary/aromatic N) is 1. The van der Waals surface area contributed by atoms with E-state index in [-0.39, 0.29) is 11.3 Å². The number of rotatable bonds is 2. The zero-order valence-electron chi connectivity index (χ0n) is 10.3. The SMILES string of the molecule is COc1cc(C)cc(C)c1C1(C)CC1C#N. The highest BCUT2D eigenvalue weighted by Gasteiger charge is 2.53. The van der Waals surface area contributed by atoms with Gasteiger partial charge in [-0.25, -0.2) is 0 Å². The summed E-state index contributed by atoms with van der Waals surface area (Å²) in [6.45, 7) is 6.32. The molecule has 2 nitrogen and oxygen atoms in total. The van der Waals surface area contributed by atoms with Gasteiger partial charge in [-0.1, -0.05) is 13.0 Å². The molecule has 2 heteroatoms. The minimum atomic E-state index is -0.00211. The third-order valence-electron chi connectivity index (χ3n) is 3.63. The Kier molecular flexibility index (Phi) is 2.42. The lowest BCUT2D eigenvalue weighted by Crippen LogP contribution is -2.09. The molecule has 1 aromatic carbocycles. The van der Waals surface area contributed by atoms with Crippen molar-refractivity contribution in [1.82, 2.24) is 0 Å². The molecule has 84 valence electrons. The topological polar surface area (TPSA) is 33.0 Å². The number of nitriles is 1. The molecule has 2 unspecified atom stereocenters. The van der Waals surface area contributed by atoms with E-state index in [0.29, 0.717) is 0 Å². The van der Waals surface area contributed by atoms with Crippen LogP contribution in [-0.2, 0) is 5.41 Å². The Bertz CT molecular complexity index is 472. The van der Waals surface area contributed by atoms with Gasteiger partial charge in [-0.05, 0) is 37.5 Å². The summed E-state index contributed by atoms with van der Waals surface area (Å²) in [5.41, 5.74) is 3.65. The zero-order valence-corrected chi connectivity index (χ0v) is 10.3. The van der Waals surface area contributed by atoms with Crippen molar-refractivity contribution in [3.8, 4) is 11.8 Å². The van der Waals surface area contributed by atoms with E-state index in [1.807, 2.05) is 0 Å². The van der Waals surface area contributed by atoms with Crippen LogP contribution < -0.4 is 4.74 Å². The molecule has 0 aromatic heterocycles. The highest BCUT2D eigenvalue weighted by Crippen LogP contribution is 2.57. The number of ether oxygens (including phenoxy) is 1. The van der Waals surface area contributed by atoms with Crippen LogP contribution >= 0.6 is 0 Å². The first-order valence-corrected chi connectivity index (χ1v) is 5.58. The summed E-state index contributed by atoms with van der Waals surface area (Å²) in [7, 11) is 1.70. The lowest BCUT2D eigenvalue weighted by atomic mass is 9.89. The van der Waals surface area contributed by atoms with E-state index in [0.717, 1.165) is 12.2 Å². The van der Waals surface area contributed by atoms with Gasteiger partial charge in [-0.2, -0.15) is 5.26 Å². The Balaban J connectivity index is 2.54. The van der Waals surface area contributed by atoms with Crippen LogP contribution in [0.25, 0.3) is 0 Å². The zero-order chi connectivity index (χ0) is 11.9. The van der Waals surface area contributed by atoms with Gasteiger partial charge in [-0.3, -0.25) is 0 Å². The van der Waals surface area contributed by atoms with Crippen LogP contribution in [-0.4, -0.2) is 7.11 Å². The summed E-state index contributed by atoms with van der Waals surface area (Å²) in [5, 5.41) is 9.02. The maximum absolute atomic E-state index is 9.02. The van der Waals surface area contributed by atoms with Gasteiger partial charge >= 0.3 is 0 Å². The molecule has 0 saturated heterocycles. The maximum atomic E-state index is 9.02. The second-order valence-corrected chi connectivity index (χ2v) is 4.96. The van der Waals surface area contributed by atoms with Crippen molar-refractivity contribution in [3.05, 3.63) is 28.8 Å². The maximum Gasteiger partial charge on any atom is 0.123 e. The van der Waals surface area contributed by atoms with Gasteiger partial charge < -0.3 is 4.74 Å². The normalized spacial score (nSPS) is 27.3. The van der Waals surface area contributed by atoms with E-state index in [1.54, 1.807) is 7.11 Å². The Morgan fingerprint density at radius 3 is 2.62 bits per heavy atom. The fourth-order valence-corrected chi connectivity index (χ4v) is 2.65. The van der Waals surface area contributed by atoms with Gasteiger partial charge in [0.2, 0.25) is 0 Å². The van der Waals surface area contributed by atoms with Crippen LogP contribution in [0.4, 0.5) is 0 Å². The summed E-state index contributed by atoms with van der Waals surface area (Å²) >= 11 is 0. The van der Waals surface area contributed by atoms with Crippen molar-refractivity contribution < 1.29 is 4.74 Å². The van der Waals surface area contributed by atoms with Crippen LogP contribution in [0.15, 0.2) is 12.1 Å². The minimum absolute atomic E-state index is 0.00211. The van der Waals surface area contributed by atoms with E-state index in [9.17, 15) is 0 Å². The van der Waals surface area contributed by atoms with E-state index in [1.165, 1.54) is 16.7 Å². The molecule has 2 rings (SSSR count). The van der Waals surface area contributed by atoms with Crippen molar-refractivity contribution >= 4 is 0 Å². The molecule has 0 spiro atoms. The average molecular weight is 215 g/mol. The lowest BCUT2D eigenvalue weighted by Gasteiger charge is -2.18. The molecule has 1 saturated carbocycles. The fourth-order valence-electron chi connectivity index (χ4n) is 2.65. The standard InChI is InChI=1S/C14H17NO/c1-9-5-10(2)13(12(6-9)16-4)14(3)7-11(14)8-15/h5-6,11H,7H2,1-4H3. The summed E-state index contributed by atoms with van der Waals surface area (Å²) in [6.07, 6.45) is 0.948. The molecule has 1 fully saturated rings. The number of methoxy groups -OCH3 is 1. The Morgan fingerprint density at radius 2 is 2.12 bits per heavy atom. The molecule has 0 amide bonds. The van der Waals surface area contributed by atoms with Gasteiger partial charge in [0, 0.05) is 11.0 Å². The first-order chi connectivity index (χ1) is 7.52. The van der Waals surface area contributed by atoms with Crippen molar-refractivity contribution in [1.29, 1.82) is 5.26 Å². The lowest BCUT2D eigenvalue weighted by molar-refractivity contribution is 0.403. The summed E-state index contributed by atoms with van der Waals surface area (Å²) in [6, 6.07) is 6.58. The predicted octanol–water partition coefficient (Wildman–Crippen LogP) is 3.11. The molecule has 0 bridgehead atoms. The quantitative estimate of drug-likeness (QED) is 0.759. The van der Waals surface area contributed by atoms with Gasteiger partial charge in [0.15, 0.2) is 0 Å². The number of benzene rings is 1. The fraction of sp³-hybridized carbons (Fsp3) is 0.500. The molecule has 2 atom stereocenters. The molecular weight excluding hydrogens is 198 g/mol. The first-order valence-electron chi connectivity index (χ1n) is 5.58. The smallest absolute Gasteiger partial charge is 0.123 e. The van der Waals surface area contributed by atoms with Crippen molar-refractivity contribution in [2.24, 2.45) is 5.92 Å². The van der Waals surface area contributed by atoms with E-state index >= 15 is 0 Å². The molecular formula is C14H17NO. The largest absolute Gasteiger partial charge is 0.496 e. The van der Waals surface area contributed by atoms with Crippen LogP contribution in [0, 0.1) is 31.1 Å². The Morgan fingerprint density at radius 1 is 1.44 bits per heavy atom. The van der Waals surface area contributed by atoms with Gasteiger partial charge in [0.25, 0.3) is 0 Å². The van der Waals surface area contributed by atoms with E-state index < -0.39 is 0 Å². The van der Waals surface area contributed by atoms with Crippen molar-refractivity contribution in [3.63, 3.8) is 0 Å². The van der Waals surface area contributed by atoms with Crippen LogP contribution in [0.5, 0.6) is 5.75 Å². The third-order valence-corrected chi connectivity index (χ3v) is 3.63. The van der Waals surface area contributed by atoms with Crippen LogP contribution in [0.2, 0.25) is 0 Å². The molecule has 1 aromatic rings. The number of aryl methyl sites for hydroxylation is 2. The molecule has 16 heavy (non-hydrogen) atoms. The van der Waals surface area contributed by atoms with Crippen LogP contribution in [0.1, 0.15) is 30.0 Å². The molecule has 0 radical (unpaired) electrons. The first kappa shape index (κ1) is 11.0. The molecule has 1 aliphatic carbocycles. The summed E-state index contributed by atoms with van der Waals surface area (Å²) < 4.78 is 5.46. The molecule has 0 N–H and O–H groups in total. The average Bonchev–Trinajstić information content (AvgIpc) is 2.89. The monoisotopic (exact) mass is 215 g/mol. The Hall–Kier alpha value is -1.49. The molecule has 0 aliphatic heterocycles. The third kappa shape index (κ3) is 1.48. The Labute approximate surface area is 96.9 Å².